The van der Waals surface area contributed by atoms with Gasteiger partial charge in [-0.2, -0.15) is 0 Å². The number of fused-ring (bicyclic) bond motifs is 1. The highest BCUT2D eigenvalue weighted by Gasteiger charge is 2.16. The van der Waals surface area contributed by atoms with E-state index in [9.17, 15) is 4.79 Å². The Balaban J connectivity index is 2.01. The quantitative estimate of drug-likeness (QED) is 0.868. The highest BCUT2D eigenvalue weighted by Crippen LogP contribution is 2.21. The molecule has 1 aromatic rings. The molecule has 0 radical (unpaired) electrons. The summed E-state index contributed by atoms with van der Waals surface area (Å²) in [6, 6.07) is 5.95. The Morgan fingerprint density at radius 3 is 2.83 bits per heavy atom. The number of hydrogen-bond donors (Lipinski definition) is 1. The van der Waals surface area contributed by atoms with Crippen LogP contribution < -0.4 is 5.32 Å². The van der Waals surface area contributed by atoms with Gasteiger partial charge in [0.25, 0.3) is 5.91 Å². The third kappa shape index (κ3) is 3.33. The van der Waals surface area contributed by atoms with Crippen LogP contribution in [0.1, 0.15) is 41.8 Å². The average molecular weight is 312 g/mol. The van der Waals surface area contributed by atoms with Crippen LogP contribution in [0.25, 0.3) is 0 Å². The number of hydrogen-bond acceptors (Lipinski definition) is 2. The fraction of sp³-hybridized carbons (Fsp3) is 0.500. The lowest BCUT2D eigenvalue weighted by molar-refractivity contribution is 0.0938. The maximum Gasteiger partial charge on any atom is 0.251 e. The zero-order valence-corrected chi connectivity index (χ0v) is 12.3. The maximum absolute atomic E-state index is 12.1. The van der Waals surface area contributed by atoms with E-state index in [1.54, 1.807) is 0 Å². The van der Waals surface area contributed by atoms with Crippen LogP contribution in [0.5, 0.6) is 0 Å². The number of carbonyl (C=O) groups is 1. The summed E-state index contributed by atoms with van der Waals surface area (Å²) in [4.78, 5) is 12.5. The first-order valence-electron chi connectivity index (χ1n) is 6.20. The van der Waals surface area contributed by atoms with Crippen molar-refractivity contribution in [2.24, 2.45) is 0 Å². The molecule has 3 nitrogen and oxygen atoms in total. The molecule has 2 unspecified atom stereocenters. The van der Waals surface area contributed by atoms with Gasteiger partial charge in [0.05, 0.1) is 13.2 Å². The molecule has 0 spiro atoms. The van der Waals surface area contributed by atoms with E-state index in [-0.39, 0.29) is 11.9 Å². The second-order valence-electron chi connectivity index (χ2n) is 4.87. The summed E-state index contributed by atoms with van der Waals surface area (Å²) < 4.78 is 5.35. The topological polar surface area (TPSA) is 38.3 Å². The normalized spacial score (nSPS) is 17.1. The number of rotatable bonds is 4. The number of amides is 1. The van der Waals surface area contributed by atoms with Gasteiger partial charge in [-0.15, -0.1) is 0 Å². The average Bonchev–Trinajstić information content (AvgIpc) is 2.74. The molecule has 1 aliphatic rings. The summed E-state index contributed by atoms with van der Waals surface area (Å²) in [5.74, 6) is -0.00894. The van der Waals surface area contributed by atoms with Crippen LogP contribution in [0.4, 0.5) is 0 Å². The Bertz CT molecular complexity index is 445. The highest BCUT2D eigenvalue weighted by atomic mass is 79.9. The predicted octanol–water partition coefficient (Wildman–Crippen LogP) is 3.01. The molecule has 0 saturated carbocycles. The summed E-state index contributed by atoms with van der Waals surface area (Å²) >= 11 is 3.49. The van der Waals surface area contributed by atoms with E-state index in [1.807, 2.05) is 25.1 Å². The fourth-order valence-corrected chi connectivity index (χ4v) is 2.73. The summed E-state index contributed by atoms with van der Waals surface area (Å²) in [5, 5.41) is 3.01. The molecule has 0 aromatic heterocycles. The van der Waals surface area contributed by atoms with Gasteiger partial charge in [0.1, 0.15) is 0 Å². The molecular weight excluding hydrogens is 294 g/mol. The molecule has 0 aliphatic carbocycles. The van der Waals surface area contributed by atoms with Crippen molar-refractivity contribution in [3.05, 3.63) is 34.9 Å². The van der Waals surface area contributed by atoms with Crippen LogP contribution >= 0.6 is 15.9 Å². The van der Waals surface area contributed by atoms with Gasteiger partial charge in [-0.3, -0.25) is 4.79 Å². The second kappa shape index (κ2) is 5.85. The molecular formula is C14H18BrNO2. The molecule has 4 heteroatoms. The largest absolute Gasteiger partial charge is 0.372 e. The maximum atomic E-state index is 12.1. The van der Waals surface area contributed by atoms with Crippen molar-refractivity contribution in [3.8, 4) is 0 Å². The molecule has 1 N–H and O–H groups in total. The van der Waals surface area contributed by atoms with Gasteiger partial charge >= 0.3 is 0 Å². The summed E-state index contributed by atoms with van der Waals surface area (Å²) in [6.45, 7) is 5.38. The number of alkyl halides is 1. The standard InChI is InChI=1S/C14H18BrNO2/c1-9(15)5-10(2)16-14(17)11-3-4-12-7-18-8-13(12)6-11/h3-4,6,9-10H,5,7-8H2,1-2H3,(H,16,17). The zero-order chi connectivity index (χ0) is 13.1. The summed E-state index contributed by atoms with van der Waals surface area (Å²) in [5.41, 5.74) is 3.03. The van der Waals surface area contributed by atoms with Gasteiger partial charge in [0.15, 0.2) is 0 Å². The summed E-state index contributed by atoms with van der Waals surface area (Å²) in [6.07, 6.45) is 0.916. The van der Waals surface area contributed by atoms with Crippen molar-refractivity contribution in [1.82, 2.24) is 5.32 Å². The van der Waals surface area contributed by atoms with E-state index >= 15 is 0 Å². The number of ether oxygens (including phenoxy) is 1. The van der Waals surface area contributed by atoms with Gasteiger partial charge in [-0.05, 0) is 36.6 Å². The molecule has 0 fully saturated rings. The van der Waals surface area contributed by atoms with Crippen molar-refractivity contribution in [2.75, 3.05) is 0 Å². The van der Waals surface area contributed by atoms with Crippen molar-refractivity contribution in [2.45, 2.75) is 44.4 Å². The van der Waals surface area contributed by atoms with Gasteiger partial charge in [0.2, 0.25) is 0 Å². The predicted molar refractivity (Wildman–Crippen MR) is 74.9 cm³/mol. The van der Waals surface area contributed by atoms with E-state index < -0.39 is 0 Å². The number of benzene rings is 1. The fourth-order valence-electron chi connectivity index (χ4n) is 2.17. The Morgan fingerprint density at radius 1 is 1.39 bits per heavy atom. The molecule has 0 bridgehead atoms. The molecule has 1 amide bonds. The Hall–Kier alpha value is -0.870. The van der Waals surface area contributed by atoms with Crippen molar-refractivity contribution >= 4 is 21.8 Å². The lowest BCUT2D eigenvalue weighted by atomic mass is 10.1. The van der Waals surface area contributed by atoms with E-state index in [0.29, 0.717) is 23.6 Å². The zero-order valence-electron chi connectivity index (χ0n) is 10.7. The van der Waals surface area contributed by atoms with E-state index in [0.717, 1.165) is 12.0 Å². The molecule has 0 saturated heterocycles. The first kappa shape index (κ1) is 13.6. The minimum absolute atomic E-state index is 0.00894. The minimum atomic E-state index is -0.00894. The Labute approximate surface area is 116 Å². The first-order chi connectivity index (χ1) is 8.56. The summed E-state index contributed by atoms with van der Waals surface area (Å²) in [7, 11) is 0. The first-order valence-corrected chi connectivity index (χ1v) is 7.12. The number of halogens is 1. The van der Waals surface area contributed by atoms with Crippen LogP contribution in [0, 0.1) is 0 Å². The third-order valence-electron chi connectivity index (χ3n) is 3.04. The molecule has 18 heavy (non-hydrogen) atoms. The van der Waals surface area contributed by atoms with Gasteiger partial charge < -0.3 is 10.1 Å². The minimum Gasteiger partial charge on any atom is -0.372 e. The number of nitrogens with one attached hydrogen (secondary N) is 1. The highest BCUT2D eigenvalue weighted by molar-refractivity contribution is 9.09. The smallest absolute Gasteiger partial charge is 0.251 e. The van der Waals surface area contributed by atoms with Crippen LogP contribution in [-0.4, -0.2) is 16.8 Å². The molecule has 1 heterocycles. The van der Waals surface area contributed by atoms with E-state index in [4.69, 9.17) is 4.74 Å². The molecule has 1 aromatic carbocycles. The van der Waals surface area contributed by atoms with Gasteiger partial charge in [-0.1, -0.05) is 28.9 Å². The van der Waals surface area contributed by atoms with Crippen LogP contribution in [0.15, 0.2) is 18.2 Å². The van der Waals surface area contributed by atoms with Crippen LogP contribution in [0.3, 0.4) is 0 Å². The molecule has 2 atom stereocenters. The van der Waals surface area contributed by atoms with E-state index in [2.05, 4.69) is 28.2 Å². The van der Waals surface area contributed by atoms with Crippen LogP contribution in [0.2, 0.25) is 0 Å². The molecule has 1 aliphatic heterocycles. The lowest BCUT2D eigenvalue weighted by Crippen LogP contribution is -2.33. The monoisotopic (exact) mass is 311 g/mol. The van der Waals surface area contributed by atoms with Crippen molar-refractivity contribution in [1.29, 1.82) is 0 Å². The number of carbonyl (C=O) groups excluding carboxylic acids is 1. The Kier molecular flexibility index (Phi) is 4.40. The lowest BCUT2D eigenvalue weighted by Gasteiger charge is -2.15. The van der Waals surface area contributed by atoms with Crippen molar-refractivity contribution in [3.63, 3.8) is 0 Å². The van der Waals surface area contributed by atoms with Crippen LogP contribution in [-0.2, 0) is 18.0 Å². The van der Waals surface area contributed by atoms with Crippen molar-refractivity contribution < 1.29 is 9.53 Å². The Morgan fingerprint density at radius 2 is 2.11 bits per heavy atom. The third-order valence-corrected chi connectivity index (χ3v) is 3.41. The molecule has 98 valence electrons. The SMILES string of the molecule is CC(Br)CC(C)NC(=O)c1ccc2c(c1)COC2. The second-order valence-corrected chi connectivity index (χ2v) is 6.43. The molecule has 2 rings (SSSR count). The van der Waals surface area contributed by atoms with E-state index in [1.165, 1.54) is 5.56 Å². The van der Waals surface area contributed by atoms with Gasteiger partial charge in [-0.25, -0.2) is 0 Å². The van der Waals surface area contributed by atoms with Gasteiger partial charge in [0, 0.05) is 16.4 Å².